The van der Waals surface area contributed by atoms with E-state index in [1.807, 2.05) is 0 Å². The molecule has 2 nitrogen and oxygen atoms in total. The fourth-order valence-electron chi connectivity index (χ4n) is 10.1. The molecule has 3 fully saturated rings. The van der Waals surface area contributed by atoms with Crippen molar-refractivity contribution in [2.75, 3.05) is 0 Å². The molecule has 0 N–H and O–H groups in total. The molecule has 0 saturated heterocycles. The van der Waals surface area contributed by atoms with Crippen LogP contribution in [0.1, 0.15) is 127 Å². The van der Waals surface area contributed by atoms with Crippen LogP contribution in [0.15, 0.2) is 11.6 Å². The molecule has 0 aromatic carbocycles. The summed E-state index contributed by atoms with van der Waals surface area (Å²) in [6.45, 7) is 21.6. The van der Waals surface area contributed by atoms with Crippen molar-refractivity contribution in [3.05, 3.63) is 11.6 Å². The van der Waals surface area contributed by atoms with E-state index in [0.717, 1.165) is 37.0 Å². The van der Waals surface area contributed by atoms with Gasteiger partial charge in [-0.25, -0.2) is 0 Å². The molecule has 0 radical (unpaired) electrons. The monoisotopic (exact) mass is 470 g/mol. The number of fused-ring (bicyclic) bond motifs is 5. The lowest BCUT2D eigenvalue weighted by Crippen LogP contribution is -2.60. The summed E-state index contributed by atoms with van der Waals surface area (Å²) in [7, 11) is 0. The number of carbonyl (C=O) groups excluding carboxylic acids is 1. The van der Waals surface area contributed by atoms with Crippen LogP contribution in [0.3, 0.4) is 0 Å². The van der Waals surface area contributed by atoms with E-state index in [2.05, 4.69) is 61.5 Å². The fourth-order valence-corrected chi connectivity index (χ4v) is 10.1. The third-order valence-electron chi connectivity index (χ3n) is 12.2. The fraction of sp³-hybridized carbons (Fsp3) is 0.906. The number of ether oxygens (including phenoxy) is 1. The van der Waals surface area contributed by atoms with Crippen LogP contribution in [-0.4, -0.2) is 12.1 Å². The molecule has 0 aliphatic heterocycles. The Labute approximate surface area is 211 Å². The Bertz CT molecular complexity index is 808. The maximum atomic E-state index is 12.2. The van der Waals surface area contributed by atoms with Crippen molar-refractivity contribution in [3.8, 4) is 0 Å². The molecule has 0 aromatic rings. The van der Waals surface area contributed by atoms with E-state index in [1.54, 1.807) is 12.5 Å². The molecule has 8 atom stereocenters. The predicted molar refractivity (Wildman–Crippen MR) is 142 cm³/mol. The highest BCUT2D eigenvalue weighted by Crippen LogP contribution is 2.73. The van der Waals surface area contributed by atoms with Crippen LogP contribution in [0, 0.1) is 51.2 Å². The van der Waals surface area contributed by atoms with Gasteiger partial charge in [0.15, 0.2) is 0 Å². The summed E-state index contributed by atoms with van der Waals surface area (Å²) in [5.74, 6) is 3.53. The Kier molecular flexibility index (Phi) is 6.92. The molecule has 3 saturated carbocycles. The van der Waals surface area contributed by atoms with E-state index >= 15 is 0 Å². The summed E-state index contributed by atoms with van der Waals surface area (Å²) in [6, 6.07) is 0. The third-order valence-corrected chi connectivity index (χ3v) is 12.2. The van der Waals surface area contributed by atoms with Gasteiger partial charge in [0.05, 0.1) is 0 Å². The molecule has 0 bridgehead atoms. The number of allylic oxidation sites excluding steroid dienone is 2. The molecule has 34 heavy (non-hydrogen) atoms. The molecule has 0 spiro atoms. The van der Waals surface area contributed by atoms with E-state index in [-0.39, 0.29) is 17.5 Å². The number of carbonyl (C=O) groups is 1. The smallest absolute Gasteiger partial charge is 0.302 e. The van der Waals surface area contributed by atoms with E-state index in [4.69, 9.17) is 4.74 Å². The predicted octanol–water partition coefficient (Wildman–Crippen LogP) is 8.99. The van der Waals surface area contributed by atoms with Crippen LogP contribution in [0.4, 0.5) is 0 Å². The summed E-state index contributed by atoms with van der Waals surface area (Å²) in [5.41, 5.74) is 2.81. The van der Waals surface area contributed by atoms with Gasteiger partial charge >= 0.3 is 5.97 Å². The summed E-state index contributed by atoms with van der Waals surface area (Å²) in [5, 5.41) is 0. The molecule has 194 valence electrons. The molecule has 0 amide bonds. The highest BCUT2D eigenvalue weighted by Gasteiger charge is 2.66. The molecule has 1 unspecified atom stereocenters. The topological polar surface area (TPSA) is 26.3 Å². The standard InChI is InChI=1S/C32H54O2/c1-21(2)11-10-12-22(3)24-15-19-31(8)25-13-14-27-29(5,6)18-17-28(34-23(4)33)32(27,9)26(25)16-20-30(24,31)7/h13,21-22,24,26-28H,10-12,14-20H2,1-9H3/t22-,24-,26+,27+,28?,30-,31+,32-/m1/s1. The first-order valence-corrected chi connectivity index (χ1v) is 14.6. The zero-order valence-corrected chi connectivity index (χ0v) is 23.9. The van der Waals surface area contributed by atoms with Gasteiger partial charge in [-0.15, -0.1) is 0 Å². The molecular formula is C32H54O2. The highest BCUT2D eigenvalue weighted by atomic mass is 16.5. The van der Waals surface area contributed by atoms with Crippen LogP contribution in [0.2, 0.25) is 0 Å². The Balaban J connectivity index is 1.65. The lowest BCUT2D eigenvalue weighted by Gasteiger charge is -2.65. The average Bonchev–Trinajstić information content (AvgIpc) is 3.01. The van der Waals surface area contributed by atoms with E-state index in [0.29, 0.717) is 28.1 Å². The van der Waals surface area contributed by atoms with Crippen molar-refractivity contribution in [2.45, 2.75) is 133 Å². The van der Waals surface area contributed by atoms with Crippen molar-refractivity contribution in [3.63, 3.8) is 0 Å². The first kappa shape index (κ1) is 26.3. The average molecular weight is 471 g/mol. The van der Waals surface area contributed by atoms with Gasteiger partial charge in [-0.1, -0.05) is 86.3 Å². The first-order chi connectivity index (χ1) is 15.8. The lowest BCUT2D eigenvalue weighted by atomic mass is 9.40. The van der Waals surface area contributed by atoms with Crippen molar-refractivity contribution in [1.29, 1.82) is 0 Å². The minimum atomic E-state index is -0.0937. The van der Waals surface area contributed by atoms with Crippen LogP contribution >= 0.6 is 0 Å². The van der Waals surface area contributed by atoms with Gasteiger partial charge < -0.3 is 4.74 Å². The van der Waals surface area contributed by atoms with Crippen LogP contribution in [0.25, 0.3) is 0 Å². The quantitative estimate of drug-likeness (QED) is 0.286. The minimum absolute atomic E-state index is 0.0583. The zero-order chi connectivity index (χ0) is 25.1. The van der Waals surface area contributed by atoms with Gasteiger partial charge in [-0.05, 0) is 90.8 Å². The van der Waals surface area contributed by atoms with E-state index in [1.165, 1.54) is 44.9 Å². The highest BCUT2D eigenvalue weighted by molar-refractivity contribution is 5.66. The molecule has 4 aliphatic rings. The third kappa shape index (κ3) is 3.92. The number of rotatable bonds is 6. The van der Waals surface area contributed by atoms with Crippen molar-refractivity contribution < 1.29 is 9.53 Å². The van der Waals surface area contributed by atoms with Crippen LogP contribution in [0.5, 0.6) is 0 Å². The first-order valence-electron chi connectivity index (χ1n) is 14.6. The molecule has 4 rings (SSSR count). The second-order valence-electron chi connectivity index (χ2n) is 14.7. The normalized spacial score (nSPS) is 44.0. The van der Waals surface area contributed by atoms with Gasteiger partial charge in [-0.3, -0.25) is 4.79 Å². The maximum Gasteiger partial charge on any atom is 0.302 e. The molecule has 2 heteroatoms. The molecular weight excluding hydrogens is 416 g/mol. The Morgan fingerprint density at radius 3 is 2.35 bits per heavy atom. The van der Waals surface area contributed by atoms with Gasteiger partial charge in [0.1, 0.15) is 6.10 Å². The second-order valence-corrected chi connectivity index (χ2v) is 14.7. The van der Waals surface area contributed by atoms with Gasteiger partial charge in [-0.2, -0.15) is 0 Å². The Morgan fingerprint density at radius 1 is 1.00 bits per heavy atom. The largest absolute Gasteiger partial charge is 0.462 e. The summed E-state index contributed by atoms with van der Waals surface area (Å²) < 4.78 is 6.13. The van der Waals surface area contributed by atoms with Crippen LogP contribution in [-0.2, 0) is 9.53 Å². The molecule has 0 heterocycles. The minimum Gasteiger partial charge on any atom is -0.462 e. The number of hydrogen-bond donors (Lipinski definition) is 0. The van der Waals surface area contributed by atoms with E-state index < -0.39 is 0 Å². The molecule has 4 aliphatic carbocycles. The SMILES string of the molecule is CC(=O)OC1CCC(C)(C)[C@@H]2CC=C3[C@H](CC[C@]4(C)[C@@H]([C@H](C)CCCC(C)C)CC[C@@]34C)[C@@]12C. The van der Waals surface area contributed by atoms with Crippen molar-refractivity contribution >= 4 is 5.97 Å². The number of esters is 1. The summed E-state index contributed by atoms with van der Waals surface area (Å²) in [4.78, 5) is 12.2. The van der Waals surface area contributed by atoms with Gasteiger partial charge in [0.2, 0.25) is 0 Å². The van der Waals surface area contributed by atoms with Crippen LogP contribution < -0.4 is 0 Å². The van der Waals surface area contributed by atoms with Gasteiger partial charge in [0.25, 0.3) is 0 Å². The van der Waals surface area contributed by atoms with Crippen molar-refractivity contribution in [1.82, 2.24) is 0 Å². The van der Waals surface area contributed by atoms with Gasteiger partial charge in [0, 0.05) is 12.3 Å². The second kappa shape index (κ2) is 8.95. The Hall–Kier alpha value is -0.790. The number of hydrogen-bond acceptors (Lipinski definition) is 2. The summed E-state index contributed by atoms with van der Waals surface area (Å²) >= 11 is 0. The van der Waals surface area contributed by atoms with E-state index in [9.17, 15) is 4.79 Å². The lowest BCUT2D eigenvalue weighted by molar-refractivity contribution is -0.183. The zero-order valence-electron chi connectivity index (χ0n) is 23.9. The summed E-state index contributed by atoms with van der Waals surface area (Å²) in [6.07, 6.45) is 15.6. The Morgan fingerprint density at radius 2 is 1.71 bits per heavy atom. The maximum absolute atomic E-state index is 12.2. The molecule has 0 aromatic heterocycles. The van der Waals surface area contributed by atoms with Crippen molar-refractivity contribution in [2.24, 2.45) is 51.2 Å².